The topological polar surface area (TPSA) is 29.9 Å². The lowest BCUT2D eigenvalue weighted by atomic mass is 10.2. The number of hydrogen-bond donors (Lipinski definition) is 1. The third-order valence-corrected chi connectivity index (χ3v) is 4.91. The smallest absolute Gasteiger partial charge is 0.0987 e. The van der Waals surface area contributed by atoms with Crippen molar-refractivity contribution in [2.24, 2.45) is 7.05 Å². The lowest BCUT2D eigenvalue weighted by Crippen LogP contribution is -2.22. The minimum atomic E-state index is 0.464. The summed E-state index contributed by atoms with van der Waals surface area (Å²) in [6.07, 6.45) is 0. The Balaban J connectivity index is 2.14. The number of hydrogen-bond acceptors (Lipinski definition) is 3. The van der Waals surface area contributed by atoms with Gasteiger partial charge in [0.1, 0.15) is 0 Å². The van der Waals surface area contributed by atoms with Crippen LogP contribution < -0.4 is 5.32 Å². The summed E-state index contributed by atoms with van der Waals surface area (Å²) in [6.45, 7) is 7.23. The number of benzene rings is 1. The van der Waals surface area contributed by atoms with Crippen molar-refractivity contribution >= 4 is 23.4 Å². The van der Waals surface area contributed by atoms with Gasteiger partial charge in [-0.05, 0) is 18.6 Å². The van der Waals surface area contributed by atoms with Crippen LogP contribution in [0.1, 0.15) is 30.7 Å². The lowest BCUT2D eigenvalue weighted by Gasteiger charge is -2.10. The van der Waals surface area contributed by atoms with Crippen LogP contribution in [0.15, 0.2) is 29.3 Å². The molecule has 1 aromatic heterocycles. The summed E-state index contributed by atoms with van der Waals surface area (Å²) in [6, 6.07) is 8.46. The number of rotatable bonds is 6. The van der Waals surface area contributed by atoms with Crippen molar-refractivity contribution in [1.82, 2.24) is 15.1 Å². The molecular weight excluding hydrogens is 302 g/mol. The predicted molar refractivity (Wildman–Crippen MR) is 90.9 cm³/mol. The van der Waals surface area contributed by atoms with Crippen LogP contribution in [0.2, 0.25) is 5.02 Å². The summed E-state index contributed by atoms with van der Waals surface area (Å²) in [5, 5.41) is 10.1. The number of nitrogens with zero attached hydrogens (tertiary/aromatic N) is 2. The van der Waals surface area contributed by atoms with Gasteiger partial charge in [-0.25, -0.2) is 0 Å². The van der Waals surface area contributed by atoms with Crippen LogP contribution in [-0.4, -0.2) is 15.8 Å². The molecule has 0 atom stereocenters. The Kier molecular flexibility index (Phi) is 5.73. The van der Waals surface area contributed by atoms with E-state index in [0.717, 1.165) is 28.6 Å². The van der Waals surface area contributed by atoms with Crippen molar-refractivity contribution in [1.29, 1.82) is 0 Å². The van der Waals surface area contributed by atoms with Gasteiger partial charge in [-0.15, -0.1) is 11.8 Å². The highest BCUT2D eigenvalue weighted by atomic mass is 35.5. The zero-order chi connectivity index (χ0) is 15.4. The number of halogens is 1. The van der Waals surface area contributed by atoms with E-state index in [9.17, 15) is 0 Å². The molecule has 5 heteroatoms. The van der Waals surface area contributed by atoms with Gasteiger partial charge in [0.2, 0.25) is 0 Å². The third kappa shape index (κ3) is 4.25. The Morgan fingerprint density at radius 2 is 2.05 bits per heavy atom. The summed E-state index contributed by atoms with van der Waals surface area (Å²) in [5.41, 5.74) is 3.53. The Labute approximate surface area is 136 Å². The normalized spacial score (nSPS) is 11.3. The first-order valence-electron chi connectivity index (χ1n) is 7.11. The van der Waals surface area contributed by atoms with Gasteiger partial charge in [-0.2, -0.15) is 5.10 Å². The lowest BCUT2D eigenvalue weighted by molar-refractivity contribution is 0.580. The van der Waals surface area contributed by atoms with Crippen molar-refractivity contribution < 1.29 is 0 Å². The molecule has 1 aromatic carbocycles. The Bertz CT molecular complexity index is 608. The van der Waals surface area contributed by atoms with Crippen molar-refractivity contribution in [3.63, 3.8) is 0 Å². The van der Waals surface area contributed by atoms with Gasteiger partial charge in [0.25, 0.3) is 0 Å². The van der Waals surface area contributed by atoms with Gasteiger partial charge in [0.05, 0.1) is 10.7 Å². The molecule has 0 saturated carbocycles. The predicted octanol–water partition coefficient (Wildman–Crippen LogP) is 4.17. The fraction of sp³-hybridized carbons (Fsp3) is 0.438. The van der Waals surface area contributed by atoms with Crippen molar-refractivity contribution in [2.75, 3.05) is 0 Å². The highest BCUT2D eigenvalue weighted by Crippen LogP contribution is 2.30. The van der Waals surface area contributed by atoms with E-state index in [4.69, 9.17) is 11.6 Å². The molecule has 1 heterocycles. The van der Waals surface area contributed by atoms with Gasteiger partial charge in [-0.3, -0.25) is 4.68 Å². The molecule has 114 valence electrons. The molecule has 1 N–H and O–H groups in total. The second-order valence-corrected chi connectivity index (χ2v) is 6.78. The molecule has 0 radical (unpaired) electrons. The van der Waals surface area contributed by atoms with Crippen LogP contribution >= 0.6 is 23.4 Å². The first-order valence-corrected chi connectivity index (χ1v) is 8.47. The number of thioether (sulfide) groups is 1. The van der Waals surface area contributed by atoms with E-state index in [0.29, 0.717) is 6.04 Å². The van der Waals surface area contributed by atoms with Gasteiger partial charge in [0, 0.05) is 36.0 Å². The first-order chi connectivity index (χ1) is 9.99. The van der Waals surface area contributed by atoms with E-state index in [1.165, 1.54) is 10.6 Å². The third-order valence-electron chi connectivity index (χ3n) is 3.30. The van der Waals surface area contributed by atoms with E-state index in [1.807, 2.05) is 29.9 Å². The van der Waals surface area contributed by atoms with Crippen LogP contribution in [0.3, 0.4) is 0 Å². The average Bonchev–Trinajstić information content (AvgIpc) is 2.69. The molecule has 0 unspecified atom stereocenters. The molecule has 0 fully saturated rings. The average molecular weight is 324 g/mol. The Morgan fingerprint density at radius 3 is 2.71 bits per heavy atom. The van der Waals surface area contributed by atoms with Gasteiger partial charge in [0.15, 0.2) is 0 Å². The highest BCUT2D eigenvalue weighted by molar-refractivity contribution is 7.98. The van der Waals surface area contributed by atoms with Crippen LogP contribution in [-0.2, 0) is 19.3 Å². The van der Waals surface area contributed by atoms with Crippen LogP contribution in [0.25, 0.3) is 0 Å². The first kappa shape index (κ1) is 16.4. The molecule has 0 aliphatic heterocycles. The molecule has 2 aromatic rings. The standard InChI is InChI=1S/C16H22ClN3S/c1-11(2)18-9-14-12(3)19-20(4)16(14)21-10-13-7-5-6-8-15(13)17/h5-8,11,18H,9-10H2,1-4H3. The minimum Gasteiger partial charge on any atom is -0.310 e. The fourth-order valence-corrected chi connectivity index (χ4v) is 3.58. The molecule has 0 amide bonds. The van der Waals surface area contributed by atoms with Crippen molar-refractivity contribution in [2.45, 2.75) is 44.1 Å². The van der Waals surface area contributed by atoms with Gasteiger partial charge < -0.3 is 5.32 Å². The zero-order valence-corrected chi connectivity index (χ0v) is 14.6. The Morgan fingerprint density at radius 1 is 1.33 bits per heavy atom. The van der Waals surface area contributed by atoms with Crippen LogP contribution in [0.4, 0.5) is 0 Å². The van der Waals surface area contributed by atoms with Gasteiger partial charge >= 0.3 is 0 Å². The summed E-state index contributed by atoms with van der Waals surface area (Å²) in [5.74, 6) is 0.854. The number of aryl methyl sites for hydroxylation is 2. The second-order valence-electron chi connectivity index (χ2n) is 5.41. The summed E-state index contributed by atoms with van der Waals surface area (Å²) in [7, 11) is 2.00. The molecular formula is C16H22ClN3S. The number of nitrogens with one attached hydrogen (secondary N) is 1. The molecule has 0 aliphatic rings. The molecule has 2 rings (SSSR count). The zero-order valence-electron chi connectivity index (χ0n) is 13.0. The highest BCUT2D eigenvalue weighted by Gasteiger charge is 2.14. The van der Waals surface area contributed by atoms with Crippen LogP contribution in [0, 0.1) is 6.92 Å². The molecule has 0 aliphatic carbocycles. The van der Waals surface area contributed by atoms with E-state index in [2.05, 4.69) is 37.3 Å². The Hall–Kier alpha value is -0.970. The number of aromatic nitrogens is 2. The summed E-state index contributed by atoms with van der Waals surface area (Å²) < 4.78 is 1.97. The largest absolute Gasteiger partial charge is 0.310 e. The van der Waals surface area contributed by atoms with E-state index in [-0.39, 0.29) is 0 Å². The quantitative estimate of drug-likeness (QED) is 0.809. The SMILES string of the molecule is Cc1nn(C)c(SCc2ccccc2Cl)c1CNC(C)C. The van der Waals surface area contributed by atoms with Crippen molar-refractivity contribution in [3.05, 3.63) is 46.1 Å². The molecule has 0 spiro atoms. The summed E-state index contributed by atoms with van der Waals surface area (Å²) >= 11 is 8.02. The maximum Gasteiger partial charge on any atom is 0.0987 e. The minimum absolute atomic E-state index is 0.464. The fourth-order valence-electron chi connectivity index (χ4n) is 2.13. The molecule has 21 heavy (non-hydrogen) atoms. The van der Waals surface area contributed by atoms with E-state index in [1.54, 1.807) is 11.8 Å². The molecule has 0 bridgehead atoms. The van der Waals surface area contributed by atoms with E-state index < -0.39 is 0 Å². The molecule has 0 saturated heterocycles. The molecule has 3 nitrogen and oxygen atoms in total. The maximum absolute atomic E-state index is 6.23. The maximum atomic E-state index is 6.23. The second kappa shape index (κ2) is 7.34. The summed E-state index contributed by atoms with van der Waals surface area (Å²) in [4.78, 5) is 0. The van der Waals surface area contributed by atoms with E-state index >= 15 is 0 Å². The monoisotopic (exact) mass is 323 g/mol. The van der Waals surface area contributed by atoms with Crippen molar-refractivity contribution in [3.8, 4) is 0 Å². The van der Waals surface area contributed by atoms with Gasteiger partial charge in [-0.1, -0.05) is 43.6 Å². The van der Waals surface area contributed by atoms with Crippen LogP contribution in [0.5, 0.6) is 0 Å².